The first-order valence-electron chi connectivity index (χ1n) is 19.7. The van der Waals surface area contributed by atoms with Crippen molar-refractivity contribution in [2.45, 2.75) is 13.8 Å². The molecule has 0 radical (unpaired) electrons. The number of nitrogens with zero attached hydrogens (tertiary/aromatic N) is 7. The Hall–Kier alpha value is -6.36. The second kappa shape index (κ2) is 18.3. The zero-order chi connectivity index (χ0) is 43.5. The normalized spacial score (nSPS) is 14.1. The van der Waals surface area contributed by atoms with Crippen molar-refractivity contribution in [2.75, 3.05) is 81.9 Å². The van der Waals surface area contributed by atoms with E-state index in [2.05, 4.69) is 35.1 Å². The van der Waals surface area contributed by atoms with E-state index in [1.165, 1.54) is 13.2 Å². The van der Waals surface area contributed by atoms with E-state index in [0.29, 0.717) is 96.3 Å². The number of rotatable bonds is 8. The van der Waals surface area contributed by atoms with E-state index < -0.39 is 23.3 Å². The van der Waals surface area contributed by atoms with Crippen LogP contribution < -0.4 is 24.6 Å². The van der Waals surface area contributed by atoms with Crippen LogP contribution in [0.3, 0.4) is 0 Å². The zero-order valence-corrected chi connectivity index (χ0v) is 35.0. The number of pyridine rings is 5. The molecule has 0 aliphatic carbocycles. The van der Waals surface area contributed by atoms with Crippen LogP contribution in [-0.2, 0) is 9.47 Å². The molecule has 0 bridgehead atoms. The first kappa shape index (κ1) is 42.3. The third-order valence-electron chi connectivity index (χ3n) is 10.7. The fourth-order valence-corrected chi connectivity index (χ4v) is 7.74. The van der Waals surface area contributed by atoms with Crippen LogP contribution in [0.4, 0.5) is 40.4 Å². The van der Waals surface area contributed by atoms with Gasteiger partial charge >= 0.3 is 0 Å². The molecule has 0 atom stereocenters. The summed E-state index contributed by atoms with van der Waals surface area (Å²) in [5, 5.41) is 4.04. The van der Waals surface area contributed by atoms with Crippen molar-refractivity contribution in [3.05, 3.63) is 113 Å². The molecule has 62 heavy (non-hydrogen) atoms. The predicted molar refractivity (Wildman–Crippen MR) is 231 cm³/mol. The van der Waals surface area contributed by atoms with Gasteiger partial charge in [-0.2, -0.15) is 0 Å². The predicted octanol–water partition coefficient (Wildman–Crippen LogP) is 9.25. The monoisotopic (exact) mass is 868 g/mol. The Labute approximate surface area is 359 Å². The molecule has 17 heteroatoms. The number of hydrogen-bond donors (Lipinski definition) is 1. The van der Waals surface area contributed by atoms with Gasteiger partial charge in [-0.3, -0.25) is 0 Å². The summed E-state index contributed by atoms with van der Waals surface area (Å²) in [6.07, 6.45) is 5.08. The van der Waals surface area contributed by atoms with Crippen molar-refractivity contribution in [3.63, 3.8) is 0 Å². The van der Waals surface area contributed by atoms with Gasteiger partial charge in [-0.1, -0.05) is 11.6 Å². The molecule has 7 aromatic rings. The van der Waals surface area contributed by atoms with Gasteiger partial charge in [0.25, 0.3) is 0 Å². The Bertz CT molecular complexity index is 2760. The summed E-state index contributed by atoms with van der Waals surface area (Å²) in [5.74, 6) is -1.16. The highest BCUT2D eigenvalue weighted by molar-refractivity contribution is 6.36. The highest BCUT2D eigenvalue weighted by atomic mass is 35.5. The Morgan fingerprint density at radius 3 is 1.68 bits per heavy atom. The largest absolute Gasteiger partial charge is 0.481 e. The Kier molecular flexibility index (Phi) is 12.5. The molecule has 2 fully saturated rings. The highest BCUT2D eigenvalue weighted by Gasteiger charge is 2.24. The molecule has 5 aromatic heterocycles. The minimum atomic E-state index is -0.727. The number of ether oxygens (including phenoxy) is 4. The highest BCUT2D eigenvalue weighted by Crippen LogP contribution is 2.40. The van der Waals surface area contributed by atoms with Crippen molar-refractivity contribution in [1.82, 2.24) is 24.9 Å². The van der Waals surface area contributed by atoms with Gasteiger partial charge in [-0.15, -0.1) is 0 Å². The number of nitrogens with one attached hydrogen (secondary N) is 1. The van der Waals surface area contributed by atoms with Crippen LogP contribution in [0.15, 0.2) is 73.2 Å². The average Bonchev–Trinajstić information content (AvgIpc) is 3.29. The first-order chi connectivity index (χ1) is 30.0. The first-order valence-corrected chi connectivity index (χ1v) is 20.1. The maximum Gasteiger partial charge on any atom is 0.212 e. The van der Waals surface area contributed by atoms with Crippen molar-refractivity contribution < 1.29 is 36.5 Å². The molecular formula is C45H41ClF4N8O4. The number of halogens is 5. The molecule has 1 N–H and O–H groups in total. The van der Waals surface area contributed by atoms with Crippen LogP contribution in [0, 0.1) is 37.1 Å². The van der Waals surface area contributed by atoms with E-state index in [0.717, 1.165) is 42.8 Å². The number of hydrogen-bond acceptors (Lipinski definition) is 12. The van der Waals surface area contributed by atoms with Gasteiger partial charge in [0.2, 0.25) is 11.8 Å². The SMILES string of the molecule is COc1ccc(-c2nc3cc(F)cc(F)c3c(Cl)c2C)cn1.COc1ccc(-c2nc3cc(F)cc(F)c3c(Nc3cc(N4CCOCC4)cnc3N3CCOCC3)c2C)cn1. The fourth-order valence-electron chi connectivity index (χ4n) is 7.46. The molecule has 2 aliphatic heterocycles. The van der Waals surface area contributed by atoms with Crippen LogP contribution in [0.2, 0.25) is 5.02 Å². The lowest BCUT2D eigenvalue weighted by atomic mass is 10.0. The van der Waals surface area contributed by atoms with Crippen molar-refractivity contribution >= 4 is 56.3 Å². The summed E-state index contributed by atoms with van der Waals surface area (Å²) in [4.78, 5) is 26.6. The van der Waals surface area contributed by atoms with E-state index in [-0.39, 0.29) is 26.8 Å². The molecule has 0 saturated carbocycles. The Balaban J connectivity index is 0.000000203. The summed E-state index contributed by atoms with van der Waals surface area (Å²) >= 11 is 6.25. The lowest BCUT2D eigenvalue weighted by Crippen LogP contribution is -2.38. The number of anilines is 4. The average molecular weight is 869 g/mol. The van der Waals surface area contributed by atoms with Crippen molar-refractivity contribution in [1.29, 1.82) is 0 Å². The molecular weight excluding hydrogens is 828 g/mol. The summed E-state index contributed by atoms with van der Waals surface area (Å²) < 4.78 is 78.4. The number of benzene rings is 2. The Morgan fingerprint density at radius 2 is 1.15 bits per heavy atom. The molecule has 320 valence electrons. The molecule has 7 heterocycles. The summed E-state index contributed by atoms with van der Waals surface area (Å²) in [6, 6.07) is 13.1. The second-order valence-corrected chi connectivity index (χ2v) is 14.9. The second-order valence-electron chi connectivity index (χ2n) is 14.5. The topological polar surface area (TPSA) is 120 Å². The number of aromatic nitrogens is 5. The van der Waals surface area contributed by atoms with Crippen LogP contribution in [0.5, 0.6) is 11.8 Å². The maximum absolute atomic E-state index is 15.4. The van der Waals surface area contributed by atoms with Crippen LogP contribution in [0.1, 0.15) is 11.1 Å². The van der Waals surface area contributed by atoms with Gasteiger partial charge in [0.1, 0.15) is 23.3 Å². The number of fused-ring (bicyclic) bond motifs is 2. The standard InChI is InChI=1S/C29H30F2N6O3.C16H11ClF2N2O/c1-18-27(19-3-4-25(38-2)32-16-19)34-23-14-20(30)13-22(31)26(23)28(18)35-24-15-21(36-5-9-39-10-6-36)17-33-29(24)37-7-11-40-12-8-37;1-8-15(17)14-11(19)5-10(18)6-12(14)21-16(8)9-3-4-13(22-2)20-7-9/h3-4,13-17H,5-12H2,1-2H3,(H,34,35);3-7H,1-2H3. The number of methoxy groups -OCH3 is 2. The summed E-state index contributed by atoms with van der Waals surface area (Å²) in [6.45, 7) is 8.90. The molecule has 0 amide bonds. The zero-order valence-electron chi connectivity index (χ0n) is 34.2. The van der Waals surface area contributed by atoms with Gasteiger partial charge in [-0.25, -0.2) is 42.5 Å². The lowest BCUT2D eigenvalue weighted by Gasteiger charge is -2.32. The van der Waals surface area contributed by atoms with Crippen LogP contribution in [0.25, 0.3) is 44.3 Å². The van der Waals surface area contributed by atoms with Crippen molar-refractivity contribution in [3.8, 4) is 34.3 Å². The number of morpholine rings is 2. The molecule has 0 spiro atoms. The van der Waals surface area contributed by atoms with Gasteiger partial charge in [0, 0.05) is 86.1 Å². The molecule has 12 nitrogen and oxygen atoms in total. The quantitative estimate of drug-likeness (QED) is 0.147. The van der Waals surface area contributed by atoms with E-state index >= 15 is 4.39 Å². The lowest BCUT2D eigenvalue weighted by molar-refractivity contribution is 0.122. The molecule has 2 aliphatic rings. The molecule has 0 unspecified atom stereocenters. The third kappa shape index (κ3) is 8.71. The molecule has 9 rings (SSSR count). The van der Waals surface area contributed by atoms with Crippen LogP contribution in [-0.4, -0.2) is 91.7 Å². The fraction of sp³-hybridized carbons (Fsp3) is 0.267. The minimum Gasteiger partial charge on any atom is -0.481 e. The van der Waals surface area contributed by atoms with Gasteiger partial charge in [-0.05, 0) is 43.2 Å². The van der Waals surface area contributed by atoms with E-state index in [1.807, 2.05) is 25.3 Å². The summed E-state index contributed by atoms with van der Waals surface area (Å²) in [7, 11) is 3.06. The van der Waals surface area contributed by atoms with Gasteiger partial charge in [0.05, 0.1) is 102 Å². The molecule has 2 saturated heterocycles. The summed E-state index contributed by atoms with van der Waals surface area (Å²) in [5.41, 5.74) is 6.26. The van der Waals surface area contributed by atoms with E-state index in [9.17, 15) is 13.2 Å². The van der Waals surface area contributed by atoms with Gasteiger partial charge < -0.3 is 34.1 Å². The third-order valence-corrected chi connectivity index (χ3v) is 11.1. The van der Waals surface area contributed by atoms with E-state index in [1.54, 1.807) is 44.6 Å². The van der Waals surface area contributed by atoms with Crippen molar-refractivity contribution in [2.24, 2.45) is 0 Å². The van der Waals surface area contributed by atoms with E-state index in [4.69, 9.17) is 35.5 Å². The molecule has 2 aromatic carbocycles. The minimum absolute atomic E-state index is 0.116. The maximum atomic E-state index is 15.4. The van der Waals surface area contributed by atoms with Gasteiger partial charge in [0.15, 0.2) is 5.82 Å². The van der Waals surface area contributed by atoms with Crippen LogP contribution >= 0.6 is 11.6 Å². The smallest absolute Gasteiger partial charge is 0.212 e. The Morgan fingerprint density at radius 1 is 0.629 bits per heavy atom.